The lowest BCUT2D eigenvalue weighted by Gasteiger charge is -2.26. The third-order valence-electron chi connectivity index (χ3n) is 4.59. The van der Waals surface area contributed by atoms with Crippen molar-refractivity contribution in [1.82, 2.24) is 4.98 Å². The van der Waals surface area contributed by atoms with Gasteiger partial charge in [-0.3, -0.25) is 0 Å². The highest BCUT2D eigenvalue weighted by Crippen LogP contribution is 2.38. The van der Waals surface area contributed by atoms with E-state index in [-0.39, 0.29) is 0 Å². The van der Waals surface area contributed by atoms with Crippen molar-refractivity contribution in [3.8, 4) is 11.1 Å². The van der Waals surface area contributed by atoms with Crippen LogP contribution in [0.3, 0.4) is 0 Å². The molecule has 1 aromatic heterocycles. The number of nitrogens with zero attached hydrogens (tertiary/aromatic N) is 2. The Balaban J connectivity index is 2.37. The monoisotopic (exact) mass is 426 g/mol. The number of ether oxygens (including phenoxy) is 2. The molecule has 3 aromatic rings. The first kappa shape index (κ1) is 22.1. The lowest BCUT2D eigenvalue weighted by Crippen LogP contribution is -2.29. The maximum atomic E-state index is 13.4. The number of aromatic nitrogens is 1. The van der Waals surface area contributed by atoms with E-state index in [2.05, 4.69) is 0 Å². The van der Waals surface area contributed by atoms with E-state index in [4.69, 9.17) is 26.1 Å². The smallest absolute Gasteiger partial charge is 0.343 e. The molecule has 2 aromatic carbocycles. The number of carbonyl (C=O) groups excluding carboxylic acids is 1. The Kier molecular flexibility index (Phi) is 6.64. The van der Waals surface area contributed by atoms with E-state index in [0.717, 1.165) is 22.0 Å². The van der Waals surface area contributed by atoms with E-state index in [0.29, 0.717) is 29.6 Å². The number of hydrogen-bond donors (Lipinski definition) is 0. The first-order valence-corrected chi connectivity index (χ1v) is 10.2. The number of carbonyl (C=O) groups is 1. The molecule has 158 valence electrons. The molecule has 0 radical (unpaired) electrons. The number of anilines is 1. The van der Waals surface area contributed by atoms with Gasteiger partial charge in [-0.2, -0.15) is 0 Å². The number of likely N-dealkylation sites (N-methyl/N-ethyl adjacent to an activating group) is 1. The summed E-state index contributed by atoms with van der Waals surface area (Å²) in [6.07, 6.45) is 0. The number of hydrogen-bond acceptors (Lipinski definition) is 5. The highest BCUT2D eigenvalue weighted by molar-refractivity contribution is 6.31. The zero-order valence-electron chi connectivity index (χ0n) is 18.0. The Labute approximate surface area is 182 Å². The molecule has 0 aliphatic rings. The molecular weight excluding hydrogens is 400 g/mol. The van der Waals surface area contributed by atoms with Crippen molar-refractivity contribution in [3.05, 3.63) is 59.1 Å². The summed E-state index contributed by atoms with van der Waals surface area (Å²) in [4.78, 5) is 20.2. The predicted octanol–water partition coefficient (Wildman–Crippen LogP) is 5.59. The third-order valence-corrected chi connectivity index (χ3v) is 4.82. The summed E-state index contributed by atoms with van der Waals surface area (Å²) in [5, 5.41) is 1.38. The number of methoxy groups -OCH3 is 1. The molecule has 0 aliphatic heterocycles. The average Bonchev–Trinajstić information content (AvgIpc) is 2.70. The Morgan fingerprint density at radius 1 is 1.13 bits per heavy atom. The Bertz CT molecular complexity index is 1050. The van der Waals surface area contributed by atoms with Crippen LogP contribution in [0.4, 0.5) is 5.82 Å². The van der Waals surface area contributed by atoms with Crippen molar-refractivity contribution in [1.29, 1.82) is 0 Å². The summed E-state index contributed by atoms with van der Waals surface area (Å²) < 4.78 is 11.0. The Morgan fingerprint density at radius 3 is 2.47 bits per heavy atom. The van der Waals surface area contributed by atoms with Crippen LogP contribution < -0.4 is 4.90 Å². The number of esters is 1. The summed E-state index contributed by atoms with van der Waals surface area (Å²) >= 11 is 6.32. The van der Waals surface area contributed by atoms with Gasteiger partial charge in [-0.25, -0.2) is 9.78 Å². The van der Waals surface area contributed by atoms with Gasteiger partial charge in [0.05, 0.1) is 12.1 Å². The second-order valence-corrected chi connectivity index (χ2v) is 8.57. The summed E-state index contributed by atoms with van der Waals surface area (Å²) in [7, 11) is 3.54. The average molecular weight is 427 g/mol. The van der Waals surface area contributed by atoms with Crippen LogP contribution in [0.1, 0.15) is 31.1 Å². The van der Waals surface area contributed by atoms with Crippen molar-refractivity contribution >= 4 is 34.3 Å². The normalized spacial score (nSPS) is 11.5. The molecule has 3 rings (SSSR count). The van der Waals surface area contributed by atoms with Crippen LogP contribution in [0.25, 0.3) is 22.0 Å². The molecule has 0 saturated carbocycles. The predicted molar refractivity (Wildman–Crippen MR) is 123 cm³/mol. The summed E-state index contributed by atoms with van der Waals surface area (Å²) in [5.74, 6) is 0.130. The second kappa shape index (κ2) is 9.02. The van der Waals surface area contributed by atoms with Crippen LogP contribution in [-0.4, -0.2) is 43.9 Å². The molecule has 0 atom stereocenters. The van der Waals surface area contributed by atoms with Crippen LogP contribution >= 0.6 is 11.6 Å². The van der Waals surface area contributed by atoms with Gasteiger partial charge in [-0.05, 0) is 44.5 Å². The first-order valence-electron chi connectivity index (χ1n) is 9.83. The van der Waals surface area contributed by atoms with E-state index in [1.807, 2.05) is 75.2 Å². The van der Waals surface area contributed by atoms with Crippen molar-refractivity contribution in [3.63, 3.8) is 0 Å². The highest BCUT2D eigenvalue weighted by Gasteiger charge is 2.28. The van der Waals surface area contributed by atoms with Gasteiger partial charge in [-0.1, -0.05) is 41.9 Å². The van der Waals surface area contributed by atoms with E-state index in [1.165, 1.54) is 0 Å². The van der Waals surface area contributed by atoms with Crippen molar-refractivity contribution in [2.45, 2.75) is 26.4 Å². The molecule has 0 spiro atoms. The minimum Gasteiger partial charge on any atom is -0.456 e. The molecule has 0 amide bonds. The van der Waals surface area contributed by atoms with E-state index < -0.39 is 11.6 Å². The quantitative estimate of drug-likeness (QED) is 0.480. The van der Waals surface area contributed by atoms with Gasteiger partial charge >= 0.3 is 5.97 Å². The van der Waals surface area contributed by atoms with Gasteiger partial charge < -0.3 is 14.4 Å². The summed E-state index contributed by atoms with van der Waals surface area (Å²) in [6.45, 7) is 6.64. The highest BCUT2D eigenvalue weighted by atomic mass is 35.5. The van der Waals surface area contributed by atoms with Crippen LogP contribution in [-0.2, 0) is 9.47 Å². The fraction of sp³-hybridized carbons (Fsp3) is 0.333. The largest absolute Gasteiger partial charge is 0.456 e. The maximum absolute atomic E-state index is 13.4. The Hall–Kier alpha value is -2.63. The molecule has 5 nitrogen and oxygen atoms in total. The van der Waals surface area contributed by atoms with Gasteiger partial charge in [0.2, 0.25) is 0 Å². The van der Waals surface area contributed by atoms with Crippen molar-refractivity contribution < 1.29 is 14.3 Å². The molecule has 0 fully saturated rings. The van der Waals surface area contributed by atoms with Gasteiger partial charge in [-0.15, -0.1) is 0 Å². The fourth-order valence-corrected chi connectivity index (χ4v) is 3.43. The van der Waals surface area contributed by atoms with Gasteiger partial charge in [0, 0.05) is 36.7 Å². The lowest BCUT2D eigenvalue weighted by atomic mass is 9.95. The number of benzene rings is 2. The number of pyridine rings is 1. The van der Waals surface area contributed by atoms with Crippen LogP contribution in [0.5, 0.6) is 0 Å². The fourth-order valence-electron chi connectivity index (χ4n) is 3.26. The van der Waals surface area contributed by atoms with Gasteiger partial charge in [0.25, 0.3) is 0 Å². The molecule has 6 heteroatoms. The molecule has 1 heterocycles. The second-order valence-electron chi connectivity index (χ2n) is 8.13. The van der Waals surface area contributed by atoms with Gasteiger partial charge in [0.1, 0.15) is 17.0 Å². The Morgan fingerprint density at radius 2 is 1.83 bits per heavy atom. The molecule has 0 bridgehead atoms. The van der Waals surface area contributed by atoms with Crippen LogP contribution in [0, 0.1) is 0 Å². The van der Waals surface area contributed by atoms with E-state index in [1.54, 1.807) is 13.2 Å². The minimum absolute atomic E-state index is 0.421. The van der Waals surface area contributed by atoms with E-state index in [9.17, 15) is 4.79 Å². The number of fused-ring (bicyclic) bond motifs is 1. The third kappa shape index (κ3) is 4.91. The van der Waals surface area contributed by atoms with Gasteiger partial charge in [0.15, 0.2) is 0 Å². The molecule has 0 N–H and O–H groups in total. The lowest BCUT2D eigenvalue weighted by molar-refractivity contribution is 0.00709. The molecule has 0 unspecified atom stereocenters. The number of rotatable bonds is 6. The number of halogens is 1. The maximum Gasteiger partial charge on any atom is 0.343 e. The minimum atomic E-state index is -0.642. The molecule has 0 aliphatic carbocycles. The summed E-state index contributed by atoms with van der Waals surface area (Å²) in [6, 6.07) is 15.3. The molecule has 30 heavy (non-hydrogen) atoms. The SMILES string of the molecule is COCCN(C)c1nc2ccc(Cl)cc2c(-c2ccccc2)c1C(=O)OC(C)(C)C. The summed E-state index contributed by atoms with van der Waals surface area (Å²) in [5.41, 5.74) is 2.19. The molecular formula is C24H27ClN2O3. The standard InChI is InChI=1S/C24H27ClN2O3/c1-24(2,3)30-23(28)21-20(16-9-7-6-8-10-16)18-15-17(25)11-12-19(18)26-22(21)27(4)13-14-29-5/h6-12,15H,13-14H2,1-5H3. The van der Waals surface area contributed by atoms with Crippen molar-refractivity contribution in [2.24, 2.45) is 0 Å². The van der Waals surface area contributed by atoms with Crippen LogP contribution in [0.2, 0.25) is 5.02 Å². The zero-order valence-corrected chi connectivity index (χ0v) is 18.8. The van der Waals surface area contributed by atoms with Crippen LogP contribution in [0.15, 0.2) is 48.5 Å². The molecule has 0 saturated heterocycles. The first-order chi connectivity index (χ1) is 14.2. The van der Waals surface area contributed by atoms with E-state index >= 15 is 0 Å². The van der Waals surface area contributed by atoms with Crippen molar-refractivity contribution in [2.75, 3.05) is 32.2 Å². The zero-order chi connectivity index (χ0) is 21.9. The topological polar surface area (TPSA) is 51.7 Å².